The predicted octanol–water partition coefficient (Wildman–Crippen LogP) is 2.58. The number of aryl methyl sites for hydroxylation is 1. The molecule has 0 aliphatic carbocycles. The fourth-order valence-electron chi connectivity index (χ4n) is 1.41. The van der Waals surface area contributed by atoms with Gasteiger partial charge in [-0.25, -0.2) is 14.8 Å². The quantitative estimate of drug-likeness (QED) is 0.898. The zero-order chi connectivity index (χ0) is 13.1. The molecule has 1 N–H and O–H groups in total. The van der Waals surface area contributed by atoms with Crippen LogP contribution in [-0.2, 0) is 0 Å². The van der Waals surface area contributed by atoms with Crippen molar-refractivity contribution < 1.29 is 14.6 Å². The number of rotatable bonds is 3. The first kappa shape index (κ1) is 12.0. The molecule has 1 aromatic carbocycles. The average Bonchev–Trinajstić information content (AvgIpc) is 2.36. The first-order valence-electron chi connectivity index (χ1n) is 5.37. The largest absolute Gasteiger partial charge is 0.478 e. The summed E-state index contributed by atoms with van der Waals surface area (Å²) in [4.78, 5) is 18.4. The Hall–Kier alpha value is -2.43. The molecule has 2 aromatic rings. The summed E-state index contributed by atoms with van der Waals surface area (Å²) in [5, 5.41) is 8.73. The van der Waals surface area contributed by atoms with E-state index in [0.717, 1.165) is 11.1 Å². The highest BCUT2D eigenvalue weighted by molar-refractivity contribution is 5.86. The molecule has 0 unspecified atom stereocenters. The molecule has 0 radical (unpaired) electrons. The van der Waals surface area contributed by atoms with E-state index in [4.69, 9.17) is 9.84 Å². The lowest BCUT2D eigenvalue weighted by atomic mass is 10.1. The van der Waals surface area contributed by atoms with Gasteiger partial charge in [-0.1, -0.05) is 12.1 Å². The van der Waals surface area contributed by atoms with Gasteiger partial charge in [0.2, 0.25) is 0 Å². The number of hydrogen-bond donors (Lipinski definition) is 1. The van der Waals surface area contributed by atoms with Gasteiger partial charge in [0.05, 0.1) is 5.56 Å². The normalized spacial score (nSPS) is 10.1. The van der Waals surface area contributed by atoms with Crippen molar-refractivity contribution in [2.75, 3.05) is 0 Å². The number of aromatic carboxylic acids is 1. The maximum Gasteiger partial charge on any atom is 0.338 e. The summed E-state index contributed by atoms with van der Waals surface area (Å²) in [7, 11) is 0. The van der Waals surface area contributed by atoms with Gasteiger partial charge in [-0.05, 0) is 31.0 Å². The molecule has 5 nitrogen and oxygen atoms in total. The van der Waals surface area contributed by atoms with E-state index in [0.29, 0.717) is 5.75 Å². The maximum atomic E-state index is 10.6. The number of aromatic nitrogens is 2. The predicted molar refractivity (Wildman–Crippen MR) is 65.0 cm³/mol. The van der Waals surface area contributed by atoms with E-state index in [1.165, 1.54) is 12.4 Å². The van der Waals surface area contributed by atoms with E-state index < -0.39 is 5.97 Å². The van der Waals surface area contributed by atoms with E-state index in [9.17, 15) is 4.79 Å². The molecule has 0 bridgehead atoms. The molecule has 0 saturated heterocycles. The number of carboxylic acid groups (broad SMARTS) is 1. The Balaban J connectivity index is 2.24. The van der Waals surface area contributed by atoms with Crippen LogP contribution in [0, 0.1) is 13.8 Å². The van der Waals surface area contributed by atoms with Crippen LogP contribution in [0.15, 0.2) is 30.6 Å². The molecule has 0 saturated carbocycles. The van der Waals surface area contributed by atoms with Crippen molar-refractivity contribution in [3.63, 3.8) is 0 Å². The fourth-order valence-corrected chi connectivity index (χ4v) is 1.41. The standard InChI is InChI=1S/C13H12N2O3/c1-8-4-3-5-11(9(8)2)18-13-14-6-10(7-15-13)12(16)17/h3-7H,1-2H3,(H,16,17). The van der Waals surface area contributed by atoms with Crippen LogP contribution in [0.2, 0.25) is 0 Å². The van der Waals surface area contributed by atoms with E-state index >= 15 is 0 Å². The van der Waals surface area contributed by atoms with Crippen molar-refractivity contribution in [2.24, 2.45) is 0 Å². The monoisotopic (exact) mass is 244 g/mol. The van der Waals surface area contributed by atoms with E-state index in [1.807, 2.05) is 32.0 Å². The van der Waals surface area contributed by atoms with Gasteiger partial charge in [0.1, 0.15) is 5.75 Å². The van der Waals surface area contributed by atoms with Crippen molar-refractivity contribution >= 4 is 5.97 Å². The first-order valence-corrected chi connectivity index (χ1v) is 5.37. The molecule has 5 heteroatoms. The van der Waals surface area contributed by atoms with Gasteiger partial charge < -0.3 is 9.84 Å². The zero-order valence-corrected chi connectivity index (χ0v) is 10.0. The summed E-state index contributed by atoms with van der Waals surface area (Å²) in [6.45, 7) is 3.92. The molecule has 1 heterocycles. The molecule has 0 atom stereocenters. The van der Waals surface area contributed by atoms with Gasteiger partial charge in [-0.3, -0.25) is 0 Å². The molecule has 0 aliphatic rings. The minimum absolute atomic E-state index is 0.0308. The first-order chi connectivity index (χ1) is 8.58. The Labute approximate surface area is 104 Å². The summed E-state index contributed by atoms with van der Waals surface area (Å²) in [6.07, 6.45) is 2.44. The molecule has 1 aromatic heterocycles. The van der Waals surface area contributed by atoms with Crippen LogP contribution >= 0.6 is 0 Å². The van der Waals surface area contributed by atoms with Gasteiger partial charge in [0.15, 0.2) is 0 Å². The van der Waals surface area contributed by atoms with Gasteiger partial charge in [0.25, 0.3) is 0 Å². The van der Waals surface area contributed by atoms with Crippen LogP contribution in [0.25, 0.3) is 0 Å². The summed E-state index contributed by atoms with van der Waals surface area (Å²) < 4.78 is 5.51. The van der Waals surface area contributed by atoms with E-state index in [-0.39, 0.29) is 11.6 Å². The van der Waals surface area contributed by atoms with E-state index in [2.05, 4.69) is 9.97 Å². The number of ether oxygens (including phenoxy) is 1. The molecule has 0 aliphatic heterocycles. The molecule has 0 fully saturated rings. The number of nitrogens with zero attached hydrogens (tertiary/aromatic N) is 2. The summed E-state index contributed by atoms with van der Waals surface area (Å²) in [5.41, 5.74) is 2.14. The van der Waals surface area contributed by atoms with Gasteiger partial charge >= 0.3 is 12.0 Å². The summed E-state index contributed by atoms with van der Waals surface area (Å²) in [5.74, 6) is -0.397. The Morgan fingerprint density at radius 1 is 1.22 bits per heavy atom. The molecule has 92 valence electrons. The molecule has 18 heavy (non-hydrogen) atoms. The van der Waals surface area contributed by atoms with E-state index in [1.54, 1.807) is 0 Å². The second-order valence-electron chi connectivity index (χ2n) is 3.86. The molecular formula is C13H12N2O3. The molecule has 0 spiro atoms. The molecular weight excluding hydrogens is 232 g/mol. The summed E-state index contributed by atoms with van der Waals surface area (Å²) >= 11 is 0. The smallest absolute Gasteiger partial charge is 0.338 e. The SMILES string of the molecule is Cc1cccc(Oc2ncc(C(=O)O)cn2)c1C. The Bertz CT molecular complexity index is 579. The third kappa shape index (κ3) is 2.45. The minimum atomic E-state index is -1.06. The van der Waals surface area contributed by atoms with Gasteiger partial charge in [0, 0.05) is 12.4 Å². The van der Waals surface area contributed by atoms with Crippen molar-refractivity contribution in [1.82, 2.24) is 9.97 Å². The minimum Gasteiger partial charge on any atom is -0.478 e. The zero-order valence-electron chi connectivity index (χ0n) is 10.0. The second-order valence-corrected chi connectivity index (χ2v) is 3.86. The Morgan fingerprint density at radius 3 is 2.50 bits per heavy atom. The van der Waals surface area contributed by atoms with Crippen LogP contribution in [0.5, 0.6) is 11.8 Å². The molecule has 2 rings (SSSR count). The van der Waals surface area contributed by atoms with Crippen LogP contribution in [0.4, 0.5) is 0 Å². The maximum absolute atomic E-state index is 10.6. The lowest BCUT2D eigenvalue weighted by Gasteiger charge is -2.08. The molecule has 0 amide bonds. The summed E-state index contributed by atoms with van der Waals surface area (Å²) in [6, 6.07) is 5.81. The lowest BCUT2D eigenvalue weighted by Crippen LogP contribution is -2.00. The second kappa shape index (κ2) is 4.83. The van der Waals surface area contributed by atoms with Crippen LogP contribution in [-0.4, -0.2) is 21.0 Å². The third-order valence-electron chi connectivity index (χ3n) is 2.63. The van der Waals surface area contributed by atoms with Crippen molar-refractivity contribution in [1.29, 1.82) is 0 Å². The number of benzene rings is 1. The number of carboxylic acids is 1. The van der Waals surface area contributed by atoms with Crippen molar-refractivity contribution in [3.8, 4) is 11.8 Å². The van der Waals surface area contributed by atoms with Gasteiger partial charge in [-0.15, -0.1) is 0 Å². The van der Waals surface area contributed by atoms with Crippen molar-refractivity contribution in [2.45, 2.75) is 13.8 Å². The highest BCUT2D eigenvalue weighted by Gasteiger charge is 2.07. The lowest BCUT2D eigenvalue weighted by molar-refractivity contribution is 0.0696. The van der Waals surface area contributed by atoms with Gasteiger partial charge in [-0.2, -0.15) is 0 Å². The average molecular weight is 244 g/mol. The third-order valence-corrected chi connectivity index (χ3v) is 2.63. The number of hydrogen-bond acceptors (Lipinski definition) is 4. The topological polar surface area (TPSA) is 72.3 Å². The van der Waals surface area contributed by atoms with Crippen LogP contribution < -0.4 is 4.74 Å². The highest BCUT2D eigenvalue weighted by atomic mass is 16.5. The van der Waals surface area contributed by atoms with Crippen molar-refractivity contribution in [3.05, 3.63) is 47.3 Å². The van der Waals surface area contributed by atoms with Crippen LogP contribution in [0.3, 0.4) is 0 Å². The Kier molecular flexibility index (Phi) is 3.23. The van der Waals surface area contributed by atoms with Crippen LogP contribution in [0.1, 0.15) is 21.5 Å². The Morgan fingerprint density at radius 2 is 1.89 bits per heavy atom. The highest BCUT2D eigenvalue weighted by Crippen LogP contribution is 2.24. The fraction of sp³-hybridized carbons (Fsp3) is 0.154. The number of carbonyl (C=O) groups is 1.